The van der Waals surface area contributed by atoms with E-state index in [1.165, 1.54) is 51.4 Å². The summed E-state index contributed by atoms with van der Waals surface area (Å²) in [6.45, 7) is 9.58. The molecule has 0 aromatic rings. The van der Waals surface area contributed by atoms with Gasteiger partial charge in [0.15, 0.2) is 0 Å². The van der Waals surface area contributed by atoms with Crippen LogP contribution in [0.15, 0.2) is 22.0 Å². The molecule has 20 heavy (non-hydrogen) atoms. The first-order valence-electron chi connectivity index (χ1n) is 8.46. The van der Waals surface area contributed by atoms with Gasteiger partial charge >= 0.3 is 0 Å². The SMILES string of the molecule is CC1CCC(=CSC=C2CCC(C(C)(C)C)CC2)CC1. The van der Waals surface area contributed by atoms with Gasteiger partial charge in [0.25, 0.3) is 0 Å². The zero-order valence-corrected chi connectivity index (χ0v) is 14.7. The van der Waals surface area contributed by atoms with Crippen LogP contribution in [-0.2, 0) is 0 Å². The molecule has 0 amide bonds. The van der Waals surface area contributed by atoms with Crippen molar-refractivity contribution in [2.75, 3.05) is 0 Å². The van der Waals surface area contributed by atoms with Crippen molar-refractivity contribution in [2.24, 2.45) is 17.3 Å². The van der Waals surface area contributed by atoms with Crippen molar-refractivity contribution >= 4 is 11.8 Å². The van der Waals surface area contributed by atoms with Crippen LogP contribution in [-0.4, -0.2) is 0 Å². The van der Waals surface area contributed by atoms with Gasteiger partial charge in [-0.2, -0.15) is 0 Å². The zero-order chi connectivity index (χ0) is 14.6. The Balaban J connectivity index is 1.75. The lowest BCUT2D eigenvalue weighted by Gasteiger charge is -2.34. The first kappa shape index (κ1) is 16.2. The number of allylic oxidation sites excluding steroid dienone is 2. The van der Waals surface area contributed by atoms with Crippen LogP contribution in [0, 0.1) is 17.3 Å². The average molecular weight is 293 g/mol. The van der Waals surface area contributed by atoms with E-state index in [4.69, 9.17) is 0 Å². The van der Waals surface area contributed by atoms with Gasteiger partial charge in [-0.05, 0) is 79.4 Å². The summed E-state index contributed by atoms with van der Waals surface area (Å²) in [5.74, 6) is 1.87. The molecule has 0 unspecified atom stereocenters. The number of hydrogen-bond acceptors (Lipinski definition) is 1. The largest absolute Gasteiger partial charge is 0.106 e. The summed E-state index contributed by atoms with van der Waals surface area (Å²) in [6, 6.07) is 0. The molecule has 0 aromatic carbocycles. The molecule has 0 atom stereocenters. The van der Waals surface area contributed by atoms with Crippen LogP contribution in [0.25, 0.3) is 0 Å². The van der Waals surface area contributed by atoms with Gasteiger partial charge in [-0.25, -0.2) is 0 Å². The second-order valence-electron chi connectivity index (χ2n) is 8.01. The van der Waals surface area contributed by atoms with E-state index in [2.05, 4.69) is 38.5 Å². The Morgan fingerprint density at radius 1 is 0.850 bits per heavy atom. The van der Waals surface area contributed by atoms with Gasteiger partial charge in [0.1, 0.15) is 0 Å². The Labute approximate surface area is 130 Å². The molecule has 0 heterocycles. The van der Waals surface area contributed by atoms with Gasteiger partial charge in [0.2, 0.25) is 0 Å². The van der Waals surface area contributed by atoms with Crippen molar-refractivity contribution in [3.05, 3.63) is 22.0 Å². The minimum Gasteiger partial charge on any atom is -0.106 e. The van der Waals surface area contributed by atoms with Gasteiger partial charge in [-0.15, -0.1) is 11.8 Å². The molecule has 0 spiro atoms. The molecule has 2 rings (SSSR count). The molecule has 0 bridgehead atoms. The smallest absolute Gasteiger partial charge is 0.0256 e. The molecule has 1 heteroatoms. The predicted octanol–water partition coefficient (Wildman–Crippen LogP) is 6.93. The highest BCUT2D eigenvalue weighted by Crippen LogP contribution is 2.40. The van der Waals surface area contributed by atoms with Crippen molar-refractivity contribution in [3.63, 3.8) is 0 Å². The molecule has 0 aromatic heterocycles. The highest BCUT2D eigenvalue weighted by molar-refractivity contribution is 8.04. The summed E-state index contributed by atoms with van der Waals surface area (Å²) in [5.41, 5.74) is 3.88. The molecule has 114 valence electrons. The molecule has 0 radical (unpaired) electrons. The second-order valence-corrected chi connectivity index (χ2v) is 8.75. The fraction of sp³-hybridized carbons (Fsp3) is 0.789. The van der Waals surface area contributed by atoms with E-state index in [1.807, 2.05) is 11.8 Å². The Morgan fingerprint density at radius 2 is 1.30 bits per heavy atom. The Morgan fingerprint density at radius 3 is 1.75 bits per heavy atom. The molecule has 0 aliphatic heterocycles. The molecular formula is C19H32S. The van der Waals surface area contributed by atoms with Gasteiger partial charge in [-0.3, -0.25) is 0 Å². The predicted molar refractivity (Wildman–Crippen MR) is 92.8 cm³/mol. The minimum absolute atomic E-state index is 0.499. The highest BCUT2D eigenvalue weighted by atomic mass is 32.2. The first-order chi connectivity index (χ1) is 9.45. The second kappa shape index (κ2) is 7.20. The zero-order valence-electron chi connectivity index (χ0n) is 13.9. The van der Waals surface area contributed by atoms with E-state index < -0.39 is 0 Å². The first-order valence-corrected chi connectivity index (χ1v) is 9.40. The van der Waals surface area contributed by atoms with Gasteiger partial charge < -0.3 is 0 Å². The summed E-state index contributed by atoms with van der Waals surface area (Å²) < 4.78 is 0. The number of rotatable bonds is 2. The van der Waals surface area contributed by atoms with Crippen LogP contribution in [0.5, 0.6) is 0 Å². The monoisotopic (exact) mass is 292 g/mol. The van der Waals surface area contributed by atoms with Crippen LogP contribution in [0.2, 0.25) is 0 Å². The van der Waals surface area contributed by atoms with Crippen molar-refractivity contribution in [1.29, 1.82) is 0 Å². The maximum Gasteiger partial charge on any atom is -0.0256 e. The number of hydrogen-bond donors (Lipinski definition) is 0. The maximum absolute atomic E-state index is 2.45. The van der Waals surface area contributed by atoms with Crippen molar-refractivity contribution in [2.45, 2.75) is 79.1 Å². The Hall–Kier alpha value is -0.170. The molecule has 0 N–H and O–H groups in total. The van der Waals surface area contributed by atoms with Crippen LogP contribution < -0.4 is 0 Å². The topological polar surface area (TPSA) is 0 Å². The van der Waals surface area contributed by atoms with Gasteiger partial charge in [0.05, 0.1) is 0 Å². The van der Waals surface area contributed by atoms with Gasteiger partial charge in [0, 0.05) is 0 Å². The lowest BCUT2D eigenvalue weighted by molar-refractivity contribution is 0.197. The summed E-state index contributed by atoms with van der Waals surface area (Å²) in [6.07, 6.45) is 10.9. The van der Waals surface area contributed by atoms with Crippen LogP contribution in [0.4, 0.5) is 0 Å². The summed E-state index contributed by atoms with van der Waals surface area (Å²) in [4.78, 5) is 0. The van der Waals surface area contributed by atoms with Crippen molar-refractivity contribution in [1.82, 2.24) is 0 Å². The van der Waals surface area contributed by atoms with E-state index in [0.717, 1.165) is 11.8 Å². The quantitative estimate of drug-likeness (QED) is 0.531. The summed E-state index contributed by atoms with van der Waals surface area (Å²) in [7, 11) is 0. The van der Waals surface area contributed by atoms with Crippen molar-refractivity contribution < 1.29 is 0 Å². The molecular weight excluding hydrogens is 260 g/mol. The fourth-order valence-electron chi connectivity index (χ4n) is 3.45. The van der Waals surface area contributed by atoms with E-state index in [-0.39, 0.29) is 0 Å². The molecule has 2 saturated carbocycles. The standard InChI is InChI=1S/C19H32S/c1-15-5-7-16(8-6-15)13-20-14-17-9-11-18(12-10-17)19(2,3)4/h13-15,18H,5-12H2,1-4H3. The summed E-state index contributed by atoms with van der Waals surface area (Å²) >= 11 is 1.95. The summed E-state index contributed by atoms with van der Waals surface area (Å²) in [5, 5.41) is 4.89. The van der Waals surface area contributed by atoms with Crippen LogP contribution >= 0.6 is 11.8 Å². The van der Waals surface area contributed by atoms with Crippen LogP contribution in [0.3, 0.4) is 0 Å². The lowest BCUT2D eigenvalue weighted by atomic mass is 9.71. The lowest BCUT2D eigenvalue weighted by Crippen LogP contribution is -2.23. The van der Waals surface area contributed by atoms with E-state index in [0.29, 0.717) is 5.41 Å². The molecule has 2 aliphatic rings. The fourth-order valence-corrected chi connectivity index (χ4v) is 4.37. The third-order valence-corrected chi connectivity index (χ3v) is 6.18. The minimum atomic E-state index is 0.499. The molecule has 0 nitrogen and oxygen atoms in total. The molecule has 2 aliphatic carbocycles. The third-order valence-electron chi connectivity index (χ3n) is 5.24. The maximum atomic E-state index is 2.45. The average Bonchev–Trinajstić information content (AvgIpc) is 2.41. The van der Waals surface area contributed by atoms with Gasteiger partial charge in [-0.1, -0.05) is 38.8 Å². The normalized spacial score (nSPS) is 28.4. The Kier molecular flexibility index (Phi) is 5.84. The molecule has 0 saturated heterocycles. The van der Waals surface area contributed by atoms with E-state index in [1.54, 1.807) is 11.1 Å². The highest BCUT2D eigenvalue weighted by Gasteiger charge is 2.27. The van der Waals surface area contributed by atoms with E-state index >= 15 is 0 Å². The molecule has 2 fully saturated rings. The Bertz CT molecular complexity index is 350. The third kappa shape index (κ3) is 4.98. The van der Waals surface area contributed by atoms with Crippen molar-refractivity contribution in [3.8, 4) is 0 Å². The van der Waals surface area contributed by atoms with Crippen LogP contribution in [0.1, 0.15) is 79.1 Å². The number of thioether (sulfide) groups is 1. The van der Waals surface area contributed by atoms with E-state index in [9.17, 15) is 0 Å².